The van der Waals surface area contributed by atoms with E-state index in [1.807, 2.05) is 12.2 Å². The van der Waals surface area contributed by atoms with E-state index in [0.717, 1.165) is 19.0 Å². The molecule has 0 unspecified atom stereocenters. The third kappa shape index (κ3) is 2.81. The number of carbonyl (C=O) groups is 1. The molecule has 0 aromatic heterocycles. The lowest BCUT2D eigenvalue weighted by atomic mass is 10.0. The summed E-state index contributed by atoms with van der Waals surface area (Å²) in [6.07, 6.45) is 8.90. The van der Waals surface area contributed by atoms with Gasteiger partial charge >= 0.3 is 0 Å². The van der Waals surface area contributed by atoms with E-state index < -0.39 is 0 Å². The summed E-state index contributed by atoms with van der Waals surface area (Å²) < 4.78 is 0. The summed E-state index contributed by atoms with van der Waals surface area (Å²) in [6, 6.07) is 0. The van der Waals surface area contributed by atoms with E-state index in [9.17, 15) is 4.79 Å². The molecule has 2 rings (SSSR count). The minimum absolute atomic E-state index is 0.228. The second-order valence-electron chi connectivity index (χ2n) is 3.90. The van der Waals surface area contributed by atoms with Gasteiger partial charge in [-0.05, 0) is 37.0 Å². The zero-order chi connectivity index (χ0) is 9.10. The highest BCUT2D eigenvalue weighted by Gasteiger charge is 2.20. The maximum Gasteiger partial charge on any atom is 0.159 e. The van der Waals surface area contributed by atoms with Crippen molar-refractivity contribution in [2.75, 3.05) is 13.1 Å². The van der Waals surface area contributed by atoms with Gasteiger partial charge in [0.15, 0.2) is 5.78 Å². The topological polar surface area (TPSA) is 29.1 Å². The van der Waals surface area contributed by atoms with Crippen molar-refractivity contribution >= 4 is 5.78 Å². The molecule has 13 heavy (non-hydrogen) atoms. The maximum atomic E-state index is 11.0. The molecule has 0 saturated heterocycles. The maximum absolute atomic E-state index is 11.0. The van der Waals surface area contributed by atoms with Crippen LogP contribution in [0.3, 0.4) is 0 Å². The van der Waals surface area contributed by atoms with Crippen LogP contribution in [0.1, 0.15) is 19.3 Å². The molecule has 2 aliphatic rings. The highest BCUT2D eigenvalue weighted by Crippen LogP contribution is 2.27. The zero-order valence-corrected chi connectivity index (χ0v) is 7.75. The Balaban J connectivity index is 1.70. The number of allylic oxidation sites excluding steroid dienone is 3. The van der Waals surface area contributed by atoms with E-state index in [0.29, 0.717) is 6.42 Å². The van der Waals surface area contributed by atoms with E-state index in [1.54, 1.807) is 6.08 Å². The van der Waals surface area contributed by atoms with Crippen molar-refractivity contribution in [3.05, 3.63) is 23.8 Å². The quantitative estimate of drug-likeness (QED) is 0.704. The minimum Gasteiger partial charge on any atom is -0.313 e. The highest BCUT2D eigenvalue weighted by atomic mass is 16.1. The second kappa shape index (κ2) is 3.88. The van der Waals surface area contributed by atoms with Crippen molar-refractivity contribution in [2.45, 2.75) is 19.3 Å². The molecule has 70 valence electrons. The third-order valence-corrected chi connectivity index (χ3v) is 2.50. The van der Waals surface area contributed by atoms with Crippen LogP contribution in [0.5, 0.6) is 0 Å². The second-order valence-corrected chi connectivity index (χ2v) is 3.90. The molecule has 0 aliphatic heterocycles. The molecule has 1 fully saturated rings. The van der Waals surface area contributed by atoms with Crippen LogP contribution >= 0.6 is 0 Å². The van der Waals surface area contributed by atoms with Gasteiger partial charge in [0.25, 0.3) is 0 Å². The molecule has 2 nitrogen and oxygen atoms in total. The lowest BCUT2D eigenvalue weighted by Gasteiger charge is -2.08. The average molecular weight is 177 g/mol. The van der Waals surface area contributed by atoms with Crippen LogP contribution in [-0.2, 0) is 4.79 Å². The smallest absolute Gasteiger partial charge is 0.159 e. The number of rotatable bonds is 4. The first-order valence-electron chi connectivity index (χ1n) is 4.94. The van der Waals surface area contributed by atoms with Gasteiger partial charge in [-0.25, -0.2) is 0 Å². The molecule has 0 amide bonds. The fourth-order valence-corrected chi connectivity index (χ4v) is 1.51. The monoisotopic (exact) mass is 177 g/mol. The van der Waals surface area contributed by atoms with Crippen molar-refractivity contribution < 1.29 is 4.79 Å². The molecule has 0 aromatic rings. The average Bonchev–Trinajstić information content (AvgIpc) is 2.88. The Labute approximate surface area is 78.7 Å². The summed E-state index contributed by atoms with van der Waals surface area (Å²) in [5.74, 6) is 1.14. The Kier molecular flexibility index (Phi) is 2.60. The molecule has 2 heteroatoms. The summed E-state index contributed by atoms with van der Waals surface area (Å²) in [4.78, 5) is 11.0. The van der Waals surface area contributed by atoms with Crippen molar-refractivity contribution in [3.63, 3.8) is 0 Å². The lowest BCUT2D eigenvalue weighted by molar-refractivity contribution is -0.114. The summed E-state index contributed by atoms with van der Waals surface area (Å²) >= 11 is 0. The first-order valence-corrected chi connectivity index (χ1v) is 4.94. The first-order chi connectivity index (χ1) is 6.34. The number of hydrogen-bond acceptors (Lipinski definition) is 2. The Hall–Kier alpha value is -0.890. The van der Waals surface area contributed by atoms with Crippen molar-refractivity contribution in [2.24, 2.45) is 5.92 Å². The number of hydrogen-bond donors (Lipinski definition) is 1. The standard InChI is InChI=1S/C11H15NO/c13-11-3-1-2-10(6-11)8-12-7-9-4-5-9/h1-3,9,12H,4-8H2. The SMILES string of the molecule is O=C1C=CC=C(CNCC2CC2)C1. The summed E-state index contributed by atoms with van der Waals surface area (Å²) in [7, 11) is 0. The van der Waals surface area contributed by atoms with Crippen molar-refractivity contribution in [3.8, 4) is 0 Å². The van der Waals surface area contributed by atoms with Gasteiger partial charge in [-0.2, -0.15) is 0 Å². The molecule has 2 aliphatic carbocycles. The molecule has 0 atom stereocenters. The van der Waals surface area contributed by atoms with E-state index >= 15 is 0 Å². The first kappa shape index (κ1) is 8.70. The van der Waals surface area contributed by atoms with Crippen LogP contribution in [0, 0.1) is 5.92 Å². The highest BCUT2D eigenvalue weighted by molar-refractivity contribution is 5.93. The van der Waals surface area contributed by atoms with E-state index in [4.69, 9.17) is 0 Å². The number of ketones is 1. The Morgan fingerprint density at radius 3 is 3.00 bits per heavy atom. The van der Waals surface area contributed by atoms with Gasteiger partial charge in [0, 0.05) is 13.0 Å². The number of nitrogens with one attached hydrogen (secondary N) is 1. The molecule has 1 N–H and O–H groups in total. The Bertz CT molecular complexity index is 261. The fourth-order valence-electron chi connectivity index (χ4n) is 1.51. The molecular formula is C11H15NO. The van der Waals surface area contributed by atoms with Gasteiger partial charge in [-0.3, -0.25) is 4.79 Å². The zero-order valence-electron chi connectivity index (χ0n) is 7.75. The Morgan fingerprint density at radius 2 is 2.31 bits per heavy atom. The van der Waals surface area contributed by atoms with Crippen molar-refractivity contribution in [1.82, 2.24) is 5.32 Å². The summed E-state index contributed by atoms with van der Waals surface area (Å²) in [6.45, 7) is 2.00. The van der Waals surface area contributed by atoms with Crippen LogP contribution in [0.2, 0.25) is 0 Å². The van der Waals surface area contributed by atoms with E-state index in [-0.39, 0.29) is 5.78 Å². The van der Waals surface area contributed by atoms with Crippen LogP contribution in [-0.4, -0.2) is 18.9 Å². The molecule has 0 spiro atoms. The van der Waals surface area contributed by atoms with E-state index in [2.05, 4.69) is 5.32 Å². The van der Waals surface area contributed by atoms with Crippen LogP contribution in [0.4, 0.5) is 0 Å². The van der Waals surface area contributed by atoms with Crippen LogP contribution in [0.15, 0.2) is 23.8 Å². The van der Waals surface area contributed by atoms with Gasteiger partial charge < -0.3 is 5.32 Å². The van der Waals surface area contributed by atoms with E-state index in [1.165, 1.54) is 18.4 Å². The molecule has 0 radical (unpaired) electrons. The summed E-state index contributed by atoms with van der Waals surface area (Å²) in [5.41, 5.74) is 1.22. The predicted molar refractivity (Wildman–Crippen MR) is 52.4 cm³/mol. The lowest BCUT2D eigenvalue weighted by Crippen LogP contribution is -2.21. The normalized spacial score (nSPS) is 21.8. The van der Waals surface area contributed by atoms with Crippen LogP contribution in [0.25, 0.3) is 0 Å². The molecular weight excluding hydrogens is 162 g/mol. The predicted octanol–water partition coefficient (Wildman–Crippen LogP) is 1.44. The fraction of sp³-hybridized carbons (Fsp3) is 0.545. The van der Waals surface area contributed by atoms with Crippen molar-refractivity contribution in [1.29, 1.82) is 0 Å². The molecule has 0 bridgehead atoms. The van der Waals surface area contributed by atoms with Crippen LogP contribution < -0.4 is 5.32 Å². The Morgan fingerprint density at radius 1 is 1.46 bits per heavy atom. The van der Waals surface area contributed by atoms with Gasteiger partial charge in [-0.15, -0.1) is 0 Å². The summed E-state index contributed by atoms with van der Waals surface area (Å²) in [5, 5.41) is 3.38. The van der Waals surface area contributed by atoms with Gasteiger partial charge in [-0.1, -0.05) is 12.2 Å². The molecule has 0 heterocycles. The largest absolute Gasteiger partial charge is 0.313 e. The van der Waals surface area contributed by atoms with Gasteiger partial charge in [0.2, 0.25) is 0 Å². The molecule has 1 saturated carbocycles. The third-order valence-electron chi connectivity index (χ3n) is 2.50. The molecule has 0 aromatic carbocycles. The van der Waals surface area contributed by atoms with Gasteiger partial charge in [0.1, 0.15) is 0 Å². The van der Waals surface area contributed by atoms with Gasteiger partial charge in [0.05, 0.1) is 0 Å². The number of carbonyl (C=O) groups excluding carboxylic acids is 1. The minimum atomic E-state index is 0.228.